The van der Waals surface area contributed by atoms with Gasteiger partial charge < -0.3 is 10.1 Å². The molecule has 2 unspecified atom stereocenters. The van der Waals surface area contributed by atoms with Crippen LogP contribution in [-0.2, 0) is 4.74 Å². The van der Waals surface area contributed by atoms with Crippen molar-refractivity contribution in [3.05, 3.63) is 0 Å². The van der Waals surface area contributed by atoms with Crippen LogP contribution < -0.4 is 5.32 Å². The lowest BCUT2D eigenvalue weighted by Gasteiger charge is -2.41. The molecule has 0 bridgehead atoms. The number of rotatable bonds is 6. The fraction of sp³-hybridized carbons (Fsp3) is 0.929. The van der Waals surface area contributed by atoms with Crippen LogP contribution in [0.25, 0.3) is 0 Å². The summed E-state index contributed by atoms with van der Waals surface area (Å²) < 4.78 is 5.22. The molecule has 0 saturated heterocycles. The molecule has 0 aromatic rings. The SMILES string of the molecule is CNC1(C#N)CCCC(N(CCOC)C2CC2)C1. The number of ether oxygens (including phenoxy) is 1. The minimum Gasteiger partial charge on any atom is -0.383 e. The Morgan fingerprint density at radius 2 is 2.17 bits per heavy atom. The topological polar surface area (TPSA) is 48.3 Å². The van der Waals surface area contributed by atoms with Crippen LogP contribution in [0.2, 0.25) is 0 Å². The van der Waals surface area contributed by atoms with Crippen LogP contribution in [0, 0.1) is 11.3 Å². The maximum Gasteiger partial charge on any atom is 0.108 e. The van der Waals surface area contributed by atoms with Crippen molar-refractivity contribution in [2.75, 3.05) is 27.3 Å². The van der Waals surface area contributed by atoms with Crippen molar-refractivity contribution in [1.82, 2.24) is 10.2 Å². The van der Waals surface area contributed by atoms with E-state index in [1.54, 1.807) is 7.11 Å². The van der Waals surface area contributed by atoms with Crippen molar-refractivity contribution in [3.63, 3.8) is 0 Å². The number of nitriles is 1. The monoisotopic (exact) mass is 251 g/mol. The molecule has 2 atom stereocenters. The molecular weight excluding hydrogens is 226 g/mol. The van der Waals surface area contributed by atoms with E-state index in [1.807, 2.05) is 7.05 Å². The summed E-state index contributed by atoms with van der Waals surface area (Å²) in [6, 6.07) is 3.79. The summed E-state index contributed by atoms with van der Waals surface area (Å²) in [5.74, 6) is 0. The van der Waals surface area contributed by atoms with E-state index < -0.39 is 0 Å². The first-order valence-electron chi connectivity index (χ1n) is 7.09. The predicted octanol–water partition coefficient (Wildman–Crippen LogP) is 1.52. The summed E-state index contributed by atoms with van der Waals surface area (Å²) in [6.45, 7) is 1.81. The maximum absolute atomic E-state index is 9.42. The van der Waals surface area contributed by atoms with Crippen LogP contribution in [0.4, 0.5) is 0 Å². The molecule has 2 aliphatic carbocycles. The molecule has 4 nitrogen and oxygen atoms in total. The molecule has 2 rings (SSSR count). The van der Waals surface area contributed by atoms with E-state index in [0.717, 1.165) is 38.5 Å². The lowest BCUT2D eigenvalue weighted by Crippen LogP contribution is -2.52. The van der Waals surface area contributed by atoms with Crippen molar-refractivity contribution in [1.29, 1.82) is 5.26 Å². The van der Waals surface area contributed by atoms with Gasteiger partial charge in [-0.2, -0.15) is 5.26 Å². The maximum atomic E-state index is 9.42. The number of hydrogen-bond donors (Lipinski definition) is 1. The van der Waals surface area contributed by atoms with Crippen LogP contribution in [0.3, 0.4) is 0 Å². The molecule has 102 valence electrons. The molecule has 0 heterocycles. The van der Waals surface area contributed by atoms with E-state index in [2.05, 4.69) is 16.3 Å². The molecule has 0 aromatic carbocycles. The zero-order valence-corrected chi connectivity index (χ0v) is 11.6. The van der Waals surface area contributed by atoms with Crippen LogP contribution in [0.15, 0.2) is 0 Å². The quantitative estimate of drug-likeness (QED) is 0.777. The smallest absolute Gasteiger partial charge is 0.108 e. The Hall–Kier alpha value is -0.630. The van der Waals surface area contributed by atoms with E-state index in [9.17, 15) is 5.26 Å². The summed E-state index contributed by atoms with van der Waals surface area (Å²) in [7, 11) is 3.68. The average molecular weight is 251 g/mol. The fourth-order valence-corrected chi connectivity index (χ4v) is 3.18. The molecule has 0 radical (unpaired) electrons. The number of nitrogens with one attached hydrogen (secondary N) is 1. The Morgan fingerprint density at radius 3 is 2.72 bits per heavy atom. The Balaban J connectivity index is 1.99. The largest absolute Gasteiger partial charge is 0.383 e. The summed E-state index contributed by atoms with van der Waals surface area (Å²) in [6.07, 6.45) is 6.96. The second-order valence-corrected chi connectivity index (χ2v) is 5.66. The third-order valence-corrected chi connectivity index (χ3v) is 4.46. The second kappa shape index (κ2) is 6.01. The van der Waals surface area contributed by atoms with Gasteiger partial charge in [-0.15, -0.1) is 0 Å². The molecule has 2 aliphatic rings. The number of methoxy groups -OCH3 is 1. The first-order valence-corrected chi connectivity index (χ1v) is 7.09. The van der Waals surface area contributed by atoms with Gasteiger partial charge in [0.25, 0.3) is 0 Å². The number of nitrogens with zero attached hydrogens (tertiary/aromatic N) is 2. The first-order chi connectivity index (χ1) is 8.74. The van der Waals surface area contributed by atoms with E-state index in [-0.39, 0.29) is 5.54 Å². The molecule has 1 N–H and O–H groups in total. The molecule has 0 aromatic heterocycles. The van der Waals surface area contributed by atoms with Crippen molar-refractivity contribution in [3.8, 4) is 6.07 Å². The highest BCUT2D eigenvalue weighted by atomic mass is 16.5. The van der Waals surface area contributed by atoms with Gasteiger partial charge in [0.1, 0.15) is 5.54 Å². The predicted molar refractivity (Wildman–Crippen MR) is 71.3 cm³/mol. The van der Waals surface area contributed by atoms with Gasteiger partial charge in [0.05, 0.1) is 12.7 Å². The van der Waals surface area contributed by atoms with E-state index >= 15 is 0 Å². The highest BCUT2D eigenvalue weighted by molar-refractivity contribution is 5.11. The van der Waals surface area contributed by atoms with Gasteiger partial charge in [-0.25, -0.2) is 0 Å². The zero-order valence-electron chi connectivity index (χ0n) is 11.6. The van der Waals surface area contributed by atoms with Gasteiger partial charge in [-0.3, -0.25) is 4.90 Å². The minimum absolute atomic E-state index is 0.302. The van der Waals surface area contributed by atoms with Gasteiger partial charge >= 0.3 is 0 Å². The summed E-state index contributed by atoms with van der Waals surface area (Å²) in [4.78, 5) is 2.59. The normalized spacial score (nSPS) is 32.4. The van der Waals surface area contributed by atoms with Crippen LogP contribution in [0.5, 0.6) is 0 Å². The molecule has 0 aliphatic heterocycles. The molecule has 2 saturated carbocycles. The lowest BCUT2D eigenvalue weighted by molar-refractivity contribution is 0.0795. The van der Waals surface area contributed by atoms with Crippen molar-refractivity contribution in [2.45, 2.75) is 56.1 Å². The zero-order chi connectivity index (χ0) is 13.0. The van der Waals surface area contributed by atoms with Crippen LogP contribution >= 0.6 is 0 Å². The number of hydrogen-bond acceptors (Lipinski definition) is 4. The van der Waals surface area contributed by atoms with E-state index in [1.165, 1.54) is 19.3 Å². The summed E-state index contributed by atoms with van der Waals surface area (Å²) in [5, 5.41) is 12.7. The molecule has 4 heteroatoms. The third-order valence-electron chi connectivity index (χ3n) is 4.46. The highest BCUT2D eigenvalue weighted by Crippen LogP contribution is 2.36. The van der Waals surface area contributed by atoms with Crippen molar-refractivity contribution in [2.24, 2.45) is 0 Å². The third kappa shape index (κ3) is 3.03. The van der Waals surface area contributed by atoms with Gasteiger partial charge in [0, 0.05) is 25.7 Å². The Bertz CT molecular complexity index is 311. The van der Waals surface area contributed by atoms with Crippen LogP contribution in [0.1, 0.15) is 38.5 Å². The van der Waals surface area contributed by atoms with Gasteiger partial charge in [-0.05, 0) is 45.6 Å². The Morgan fingerprint density at radius 1 is 1.39 bits per heavy atom. The van der Waals surface area contributed by atoms with Gasteiger partial charge in [-0.1, -0.05) is 0 Å². The fourth-order valence-electron chi connectivity index (χ4n) is 3.18. The summed E-state index contributed by atoms with van der Waals surface area (Å²) in [5.41, 5.74) is -0.302. The lowest BCUT2D eigenvalue weighted by atomic mass is 9.79. The average Bonchev–Trinajstić information content (AvgIpc) is 3.24. The molecule has 2 fully saturated rings. The Labute approximate surface area is 110 Å². The molecule has 0 amide bonds. The van der Waals surface area contributed by atoms with E-state index in [0.29, 0.717) is 6.04 Å². The van der Waals surface area contributed by atoms with E-state index in [4.69, 9.17) is 4.74 Å². The van der Waals surface area contributed by atoms with Crippen LogP contribution in [-0.4, -0.2) is 49.8 Å². The second-order valence-electron chi connectivity index (χ2n) is 5.66. The first kappa shape index (κ1) is 13.8. The minimum atomic E-state index is -0.302. The molecule has 18 heavy (non-hydrogen) atoms. The molecule has 0 spiro atoms. The summed E-state index contributed by atoms with van der Waals surface area (Å²) >= 11 is 0. The highest BCUT2D eigenvalue weighted by Gasteiger charge is 2.41. The Kier molecular flexibility index (Phi) is 4.60. The standard InChI is InChI=1S/C14H25N3O/c1-16-14(11-15)7-3-4-13(10-14)17(8-9-18-2)12-5-6-12/h12-13,16H,3-10H2,1-2H3. The van der Waals surface area contributed by atoms with Crippen molar-refractivity contribution < 1.29 is 4.74 Å². The van der Waals surface area contributed by atoms with Gasteiger partial charge in [0.15, 0.2) is 0 Å². The molecular formula is C14H25N3O. The van der Waals surface area contributed by atoms with Crippen molar-refractivity contribution >= 4 is 0 Å². The van der Waals surface area contributed by atoms with Gasteiger partial charge in [0.2, 0.25) is 0 Å².